The van der Waals surface area contributed by atoms with Gasteiger partial charge in [-0.2, -0.15) is 0 Å². The van der Waals surface area contributed by atoms with Crippen LogP contribution in [0.2, 0.25) is 0 Å². The van der Waals surface area contributed by atoms with Crippen LogP contribution in [0.3, 0.4) is 0 Å². The van der Waals surface area contributed by atoms with E-state index in [-0.39, 0.29) is 5.75 Å². The molecule has 1 rings (SSSR count). The number of hydrogen-bond acceptors (Lipinski definition) is 1. The van der Waals surface area contributed by atoms with Crippen LogP contribution >= 0.6 is 0 Å². The highest BCUT2D eigenvalue weighted by atomic mass is 16.3. The topological polar surface area (TPSA) is 20.2 Å². The molecule has 0 aromatic heterocycles. The SMILES string of the molecule is [CH2]c1cc(C)cc([CH2])c1O. The lowest BCUT2D eigenvalue weighted by molar-refractivity contribution is 0.470. The van der Waals surface area contributed by atoms with Crippen molar-refractivity contribution >= 4 is 0 Å². The van der Waals surface area contributed by atoms with Gasteiger partial charge in [0.15, 0.2) is 0 Å². The molecule has 52 valence electrons. The maximum absolute atomic E-state index is 9.21. The second-order valence-corrected chi connectivity index (χ2v) is 2.43. The molecule has 0 amide bonds. The van der Waals surface area contributed by atoms with Gasteiger partial charge in [-0.05, 0) is 31.9 Å². The standard InChI is InChI=1S/C9H10O/c1-6-4-7(2)9(10)8(3)5-6/h4-5,10H,2-3H2,1H3. The first-order valence-electron chi connectivity index (χ1n) is 3.09. The molecule has 1 aromatic carbocycles. The molecule has 0 aliphatic rings. The Hall–Kier alpha value is -0.980. The van der Waals surface area contributed by atoms with Gasteiger partial charge in [-0.1, -0.05) is 17.7 Å². The van der Waals surface area contributed by atoms with Crippen molar-refractivity contribution in [1.82, 2.24) is 0 Å². The van der Waals surface area contributed by atoms with Crippen molar-refractivity contribution in [1.29, 1.82) is 0 Å². The molecule has 0 atom stereocenters. The van der Waals surface area contributed by atoms with E-state index >= 15 is 0 Å². The van der Waals surface area contributed by atoms with Crippen LogP contribution in [0.25, 0.3) is 0 Å². The molecule has 1 heteroatoms. The molecule has 0 aliphatic heterocycles. The van der Waals surface area contributed by atoms with Crippen LogP contribution in [-0.2, 0) is 0 Å². The van der Waals surface area contributed by atoms with E-state index in [1.165, 1.54) is 0 Å². The fraction of sp³-hybridized carbons (Fsp3) is 0.111. The number of benzene rings is 1. The number of hydrogen-bond donors (Lipinski definition) is 1. The summed E-state index contributed by atoms with van der Waals surface area (Å²) in [5.41, 5.74) is 2.36. The molecular formula is C9H10O. The van der Waals surface area contributed by atoms with E-state index in [9.17, 15) is 5.11 Å². The molecule has 1 aromatic rings. The maximum atomic E-state index is 9.21. The third kappa shape index (κ3) is 1.13. The predicted octanol–water partition coefficient (Wildman–Crippen LogP) is 2.07. The molecule has 0 saturated heterocycles. The van der Waals surface area contributed by atoms with Crippen LogP contribution in [0, 0.1) is 20.8 Å². The summed E-state index contributed by atoms with van der Waals surface area (Å²) in [6.07, 6.45) is 0. The Kier molecular flexibility index (Phi) is 1.66. The Morgan fingerprint density at radius 2 is 1.60 bits per heavy atom. The monoisotopic (exact) mass is 134 g/mol. The van der Waals surface area contributed by atoms with Crippen molar-refractivity contribution in [3.8, 4) is 5.75 Å². The van der Waals surface area contributed by atoms with Gasteiger partial charge in [-0.25, -0.2) is 0 Å². The van der Waals surface area contributed by atoms with Gasteiger partial charge in [0.25, 0.3) is 0 Å². The highest BCUT2D eigenvalue weighted by Gasteiger charge is 1.99. The van der Waals surface area contributed by atoms with Crippen LogP contribution in [-0.4, -0.2) is 5.11 Å². The lowest BCUT2D eigenvalue weighted by atomic mass is 10.1. The van der Waals surface area contributed by atoms with E-state index in [1.54, 1.807) is 0 Å². The second kappa shape index (κ2) is 2.33. The Balaban J connectivity index is 3.31. The molecule has 0 heterocycles. The zero-order valence-corrected chi connectivity index (χ0v) is 6.02. The zero-order chi connectivity index (χ0) is 7.72. The molecule has 2 radical (unpaired) electrons. The maximum Gasteiger partial charge on any atom is 0.121 e. The number of phenols is 1. The minimum atomic E-state index is 0.200. The van der Waals surface area contributed by atoms with Gasteiger partial charge in [-0.3, -0.25) is 0 Å². The molecule has 10 heavy (non-hydrogen) atoms. The smallest absolute Gasteiger partial charge is 0.121 e. The lowest BCUT2D eigenvalue weighted by Gasteiger charge is -2.02. The van der Waals surface area contributed by atoms with Crippen LogP contribution in [0.5, 0.6) is 5.75 Å². The molecule has 0 spiro atoms. The van der Waals surface area contributed by atoms with E-state index < -0.39 is 0 Å². The normalized spacial score (nSPS) is 9.90. The Morgan fingerprint density at radius 3 is 2.00 bits per heavy atom. The largest absolute Gasteiger partial charge is 0.507 e. The fourth-order valence-electron chi connectivity index (χ4n) is 0.934. The first-order valence-corrected chi connectivity index (χ1v) is 3.09. The summed E-state index contributed by atoms with van der Waals surface area (Å²) >= 11 is 0. The van der Waals surface area contributed by atoms with Crippen LogP contribution in [0.15, 0.2) is 12.1 Å². The van der Waals surface area contributed by atoms with Gasteiger partial charge in [0.1, 0.15) is 5.75 Å². The molecule has 0 saturated carbocycles. The van der Waals surface area contributed by atoms with Gasteiger partial charge in [0.2, 0.25) is 0 Å². The average Bonchev–Trinajstić information content (AvgIpc) is 1.82. The Morgan fingerprint density at radius 1 is 1.20 bits per heavy atom. The lowest BCUT2D eigenvalue weighted by Crippen LogP contribution is -1.81. The van der Waals surface area contributed by atoms with Gasteiger partial charge < -0.3 is 5.11 Å². The van der Waals surface area contributed by atoms with Gasteiger partial charge in [0, 0.05) is 0 Å². The van der Waals surface area contributed by atoms with E-state index in [0.717, 1.165) is 5.56 Å². The molecule has 1 N–H and O–H groups in total. The summed E-state index contributed by atoms with van der Waals surface area (Å²) in [7, 11) is 0. The third-order valence-electron chi connectivity index (χ3n) is 1.41. The number of aryl methyl sites for hydroxylation is 1. The zero-order valence-electron chi connectivity index (χ0n) is 6.02. The predicted molar refractivity (Wildman–Crippen MR) is 41.8 cm³/mol. The Labute approximate surface area is 61.3 Å². The third-order valence-corrected chi connectivity index (χ3v) is 1.41. The summed E-state index contributed by atoms with van der Waals surface area (Å²) in [6.45, 7) is 9.25. The average molecular weight is 134 g/mol. The van der Waals surface area contributed by atoms with E-state index in [2.05, 4.69) is 13.8 Å². The molecule has 1 nitrogen and oxygen atoms in total. The quantitative estimate of drug-likeness (QED) is 0.575. The van der Waals surface area contributed by atoms with Gasteiger partial charge >= 0.3 is 0 Å². The summed E-state index contributed by atoms with van der Waals surface area (Å²) < 4.78 is 0. The number of rotatable bonds is 0. The van der Waals surface area contributed by atoms with Gasteiger partial charge in [-0.15, -0.1) is 0 Å². The number of aromatic hydroxyl groups is 1. The number of phenolic OH excluding ortho intramolecular Hbond substituents is 1. The molecule has 0 fully saturated rings. The van der Waals surface area contributed by atoms with E-state index in [4.69, 9.17) is 0 Å². The summed E-state index contributed by atoms with van der Waals surface area (Å²) in [5, 5.41) is 9.21. The van der Waals surface area contributed by atoms with Crippen LogP contribution < -0.4 is 0 Å². The van der Waals surface area contributed by atoms with Crippen molar-refractivity contribution in [3.63, 3.8) is 0 Å². The highest BCUT2D eigenvalue weighted by molar-refractivity contribution is 5.46. The fourth-order valence-corrected chi connectivity index (χ4v) is 0.934. The first kappa shape index (κ1) is 7.13. The summed E-state index contributed by atoms with van der Waals surface area (Å²) in [6, 6.07) is 3.65. The molecule has 0 unspecified atom stereocenters. The van der Waals surface area contributed by atoms with Gasteiger partial charge in [0.05, 0.1) is 0 Å². The van der Waals surface area contributed by atoms with E-state index in [0.29, 0.717) is 11.1 Å². The molecule has 0 bridgehead atoms. The van der Waals surface area contributed by atoms with Crippen molar-refractivity contribution in [3.05, 3.63) is 42.7 Å². The van der Waals surface area contributed by atoms with Crippen molar-refractivity contribution in [2.75, 3.05) is 0 Å². The summed E-state index contributed by atoms with van der Waals surface area (Å²) in [5.74, 6) is 0.200. The van der Waals surface area contributed by atoms with Crippen molar-refractivity contribution in [2.45, 2.75) is 6.92 Å². The second-order valence-electron chi connectivity index (χ2n) is 2.43. The Bertz CT molecular complexity index is 228. The highest BCUT2D eigenvalue weighted by Crippen LogP contribution is 2.21. The minimum absolute atomic E-state index is 0.200. The van der Waals surface area contributed by atoms with E-state index in [1.807, 2.05) is 19.1 Å². The first-order chi connectivity index (χ1) is 4.61. The molecular weight excluding hydrogens is 124 g/mol. The van der Waals surface area contributed by atoms with Crippen LogP contribution in [0.1, 0.15) is 16.7 Å². The molecule has 0 aliphatic carbocycles. The van der Waals surface area contributed by atoms with Crippen molar-refractivity contribution < 1.29 is 5.11 Å². The van der Waals surface area contributed by atoms with Crippen LogP contribution in [0.4, 0.5) is 0 Å². The van der Waals surface area contributed by atoms with Crippen molar-refractivity contribution in [2.24, 2.45) is 0 Å². The summed E-state index contributed by atoms with van der Waals surface area (Å²) in [4.78, 5) is 0. The minimum Gasteiger partial charge on any atom is -0.507 e.